The Bertz CT molecular complexity index is 1070. The first-order valence-corrected chi connectivity index (χ1v) is 9.45. The van der Waals surface area contributed by atoms with Crippen molar-refractivity contribution in [2.24, 2.45) is 0 Å². The lowest BCUT2D eigenvalue weighted by Gasteiger charge is -2.14. The van der Waals surface area contributed by atoms with E-state index in [0.717, 1.165) is 33.8 Å². The van der Waals surface area contributed by atoms with Gasteiger partial charge in [-0.3, -0.25) is 0 Å². The second-order valence-electron chi connectivity index (χ2n) is 6.57. The molecule has 1 aromatic heterocycles. The molecular formula is C25H22N2O2. The summed E-state index contributed by atoms with van der Waals surface area (Å²) in [5, 5.41) is 3.39. The summed E-state index contributed by atoms with van der Waals surface area (Å²) in [7, 11) is 1.66. The van der Waals surface area contributed by atoms with Crippen molar-refractivity contribution in [2.45, 2.75) is 6.61 Å². The second-order valence-corrected chi connectivity index (χ2v) is 6.57. The largest absolute Gasteiger partial charge is 0.497 e. The number of hydrogen-bond acceptors (Lipinski definition) is 4. The Balaban J connectivity index is 1.67. The number of pyridine rings is 1. The molecule has 0 aliphatic carbocycles. The lowest BCUT2D eigenvalue weighted by atomic mass is 10.1. The Morgan fingerprint density at radius 3 is 2.31 bits per heavy atom. The highest BCUT2D eigenvalue weighted by Gasteiger charge is 2.11. The van der Waals surface area contributed by atoms with E-state index in [-0.39, 0.29) is 0 Å². The van der Waals surface area contributed by atoms with E-state index in [1.165, 1.54) is 0 Å². The molecule has 0 amide bonds. The lowest BCUT2D eigenvalue weighted by molar-refractivity contribution is 0.295. The second kappa shape index (κ2) is 8.93. The van der Waals surface area contributed by atoms with Gasteiger partial charge >= 0.3 is 0 Å². The first-order valence-electron chi connectivity index (χ1n) is 9.45. The van der Waals surface area contributed by atoms with Gasteiger partial charge in [0.25, 0.3) is 0 Å². The maximum absolute atomic E-state index is 6.08. The Morgan fingerprint density at radius 1 is 0.793 bits per heavy atom. The van der Waals surface area contributed by atoms with E-state index in [9.17, 15) is 0 Å². The third-order valence-electron chi connectivity index (χ3n) is 4.51. The van der Waals surface area contributed by atoms with Crippen molar-refractivity contribution >= 4 is 11.4 Å². The maximum atomic E-state index is 6.08. The molecule has 29 heavy (non-hydrogen) atoms. The Kier molecular flexibility index (Phi) is 5.72. The summed E-state index contributed by atoms with van der Waals surface area (Å²) in [6, 6.07) is 30.0. The standard InChI is InChI=1S/C25H22N2O2/c1-28-23-14-8-11-20(15-23)24-16-22(27-21-12-6-3-7-13-21)17-26-25(24)29-18-19-9-4-2-5-10-19/h2-17,27H,18H2,1H3. The summed E-state index contributed by atoms with van der Waals surface area (Å²) in [6.07, 6.45) is 1.79. The van der Waals surface area contributed by atoms with Gasteiger partial charge in [0.1, 0.15) is 12.4 Å². The fourth-order valence-corrected chi connectivity index (χ4v) is 3.05. The summed E-state index contributed by atoms with van der Waals surface area (Å²) in [6.45, 7) is 0.455. The number of hydrogen-bond donors (Lipinski definition) is 1. The van der Waals surface area contributed by atoms with Crippen molar-refractivity contribution in [3.8, 4) is 22.8 Å². The zero-order chi connectivity index (χ0) is 19.9. The summed E-state index contributed by atoms with van der Waals surface area (Å²) >= 11 is 0. The number of rotatable bonds is 7. The molecule has 4 nitrogen and oxygen atoms in total. The normalized spacial score (nSPS) is 10.4. The molecule has 1 heterocycles. The number of anilines is 2. The van der Waals surface area contributed by atoms with Crippen molar-refractivity contribution < 1.29 is 9.47 Å². The third-order valence-corrected chi connectivity index (χ3v) is 4.51. The molecule has 0 radical (unpaired) electrons. The summed E-state index contributed by atoms with van der Waals surface area (Å²) in [5.41, 5.74) is 4.87. The van der Waals surface area contributed by atoms with Crippen molar-refractivity contribution in [2.75, 3.05) is 12.4 Å². The monoisotopic (exact) mass is 382 g/mol. The Hall–Kier alpha value is -3.79. The molecule has 0 saturated heterocycles. The SMILES string of the molecule is COc1cccc(-c2cc(Nc3ccccc3)cnc2OCc2ccccc2)c1. The van der Waals surface area contributed by atoms with Gasteiger partial charge in [0.05, 0.1) is 19.0 Å². The zero-order valence-corrected chi connectivity index (χ0v) is 16.2. The van der Waals surface area contributed by atoms with E-state index < -0.39 is 0 Å². The number of nitrogens with one attached hydrogen (secondary N) is 1. The summed E-state index contributed by atoms with van der Waals surface area (Å²) in [4.78, 5) is 4.60. The number of aromatic nitrogens is 1. The average Bonchev–Trinajstić information content (AvgIpc) is 2.79. The van der Waals surface area contributed by atoms with Crippen molar-refractivity contribution in [1.82, 2.24) is 4.98 Å². The smallest absolute Gasteiger partial charge is 0.221 e. The van der Waals surface area contributed by atoms with E-state index in [4.69, 9.17) is 9.47 Å². The van der Waals surface area contributed by atoms with Crippen LogP contribution < -0.4 is 14.8 Å². The van der Waals surface area contributed by atoms with Gasteiger partial charge in [0.2, 0.25) is 5.88 Å². The quantitative estimate of drug-likeness (QED) is 0.421. The van der Waals surface area contributed by atoms with Gasteiger partial charge in [-0.25, -0.2) is 4.98 Å². The number of nitrogens with zero attached hydrogens (tertiary/aromatic N) is 1. The van der Waals surface area contributed by atoms with E-state index in [1.54, 1.807) is 13.3 Å². The van der Waals surface area contributed by atoms with Crippen LogP contribution in [0.2, 0.25) is 0 Å². The van der Waals surface area contributed by atoms with Crippen LogP contribution in [0.5, 0.6) is 11.6 Å². The maximum Gasteiger partial charge on any atom is 0.221 e. The van der Waals surface area contributed by atoms with Gasteiger partial charge in [-0.2, -0.15) is 0 Å². The summed E-state index contributed by atoms with van der Waals surface area (Å²) < 4.78 is 11.5. The van der Waals surface area contributed by atoms with Crippen LogP contribution >= 0.6 is 0 Å². The van der Waals surface area contributed by atoms with Crippen LogP contribution in [-0.2, 0) is 6.61 Å². The minimum atomic E-state index is 0.455. The van der Waals surface area contributed by atoms with Crippen LogP contribution in [0.1, 0.15) is 5.56 Å². The molecule has 144 valence electrons. The van der Waals surface area contributed by atoms with Crippen molar-refractivity contribution in [1.29, 1.82) is 0 Å². The number of benzene rings is 3. The molecule has 0 bridgehead atoms. The predicted octanol–water partition coefficient (Wildman–Crippen LogP) is 6.08. The molecule has 0 spiro atoms. The highest BCUT2D eigenvalue weighted by atomic mass is 16.5. The van der Waals surface area contributed by atoms with Crippen LogP contribution in [0.3, 0.4) is 0 Å². The topological polar surface area (TPSA) is 43.4 Å². The summed E-state index contributed by atoms with van der Waals surface area (Å²) in [5.74, 6) is 1.37. The first kappa shape index (κ1) is 18.6. The fourth-order valence-electron chi connectivity index (χ4n) is 3.05. The average molecular weight is 382 g/mol. The van der Waals surface area contributed by atoms with Gasteiger partial charge < -0.3 is 14.8 Å². The van der Waals surface area contributed by atoms with Gasteiger partial charge in [-0.15, -0.1) is 0 Å². The zero-order valence-electron chi connectivity index (χ0n) is 16.2. The minimum Gasteiger partial charge on any atom is -0.497 e. The number of methoxy groups -OCH3 is 1. The van der Waals surface area contributed by atoms with Gasteiger partial charge in [-0.1, -0.05) is 60.7 Å². The van der Waals surface area contributed by atoms with Crippen LogP contribution in [0.25, 0.3) is 11.1 Å². The molecule has 0 aliphatic heterocycles. The molecule has 4 aromatic rings. The van der Waals surface area contributed by atoms with Crippen LogP contribution in [0, 0.1) is 0 Å². The molecule has 1 N–H and O–H groups in total. The van der Waals surface area contributed by atoms with E-state index >= 15 is 0 Å². The van der Waals surface area contributed by atoms with E-state index in [0.29, 0.717) is 12.5 Å². The fraction of sp³-hybridized carbons (Fsp3) is 0.0800. The van der Waals surface area contributed by atoms with Gasteiger partial charge in [-0.05, 0) is 41.5 Å². The molecular weight excluding hydrogens is 360 g/mol. The highest BCUT2D eigenvalue weighted by Crippen LogP contribution is 2.33. The Morgan fingerprint density at radius 2 is 1.55 bits per heavy atom. The highest BCUT2D eigenvalue weighted by molar-refractivity contribution is 5.75. The first-order chi connectivity index (χ1) is 14.3. The molecule has 3 aromatic carbocycles. The van der Waals surface area contributed by atoms with Crippen LogP contribution in [-0.4, -0.2) is 12.1 Å². The van der Waals surface area contributed by atoms with Crippen molar-refractivity contribution in [3.05, 3.63) is 103 Å². The molecule has 0 saturated carbocycles. The molecule has 0 fully saturated rings. The third kappa shape index (κ3) is 4.74. The van der Waals surface area contributed by atoms with E-state index in [1.807, 2.05) is 84.9 Å². The molecule has 0 aliphatic rings. The molecule has 4 rings (SSSR count). The minimum absolute atomic E-state index is 0.455. The molecule has 4 heteroatoms. The van der Waals surface area contributed by atoms with Crippen LogP contribution in [0.4, 0.5) is 11.4 Å². The lowest BCUT2D eigenvalue weighted by Crippen LogP contribution is -2.00. The van der Waals surface area contributed by atoms with Gasteiger partial charge in [0, 0.05) is 11.3 Å². The van der Waals surface area contributed by atoms with Gasteiger partial charge in [0.15, 0.2) is 0 Å². The van der Waals surface area contributed by atoms with Crippen molar-refractivity contribution in [3.63, 3.8) is 0 Å². The molecule has 0 atom stereocenters. The molecule has 0 unspecified atom stereocenters. The Labute approximate surface area is 170 Å². The predicted molar refractivity (Wildman–Crippen MR) is 117 cm³/mol. The van der Waals surface area contributed by atoms with E-state index in [2.05, 4.69) is 16.4 Å². The number of para-hydroxylation sites is 1. The van der Waals surface area contributed by atoms with Crippen LogP contribution in [0.15, 0.2) is 97.2 Å². The number of ether oxygens (including phenoxy) is 2.